The van der Waals surface area contributed by atoms with Gasteiger partial charge in [-0.15, -0.1) is 0 Å². The van der Waals surface area contributed by atoms with Crippen molar-refractivity contribution in [3.05, 3.63) is 81.8 Å². The lowest BCUT2D eigenvalue weighted by Crippen LogP contribution is -2.11. The van der Waals surface area contributed by atoms with Gasteiger partial charge in [0, 0.05) is 36.1 Å². The van der Waals surface area contributed by atoms with Crippen LogP contribution in [0.15, 0.2) is 59.2 Å². The first-order valence-corrected chi connectivity index (χ1v) is 8.83. The van der Waals surface area contributed by atoms with Crippen molar-refractivity contribution in [3.63, 3.8) is 0 Å². The highest BCUT2D eigenvalue weighted by Crippen LogP contribution is 2.37. The maximum Gasteiger partial charge on any atom is 0.292 e. The molecule has 2 heterocycles. The number of nitrogens with one attached hydrogen (secondary N) is 3. The van der Waals surface area contributed by atoms with Crippen LogP contribution in [0.2, 0.25) is 0 Å². The van der Waals surface area contributed by atoms with E-state index in [1.54, 1.807) is 30.3 Å². The Morgan fingerprint density at radius 1 is 1.18 bits per heavy atom. The van der Waals surface area contributed by atoms with Crippen LogP contribution in [0.3, 0.4) is 0 Å². The molecular formula is C20H18N4O4. The predicted octanol–water partition coefficient (Wildman–Crippen LogP) is 4.02. The van der Waals surface area contributed by atoms with Crippen LogP contribution in [-0.2, 0) is 13.0 Å². The number of carbonyl (C=O) groups is 1. The lowest BCUT2D eigenvalue weighted by atomic mass is 10.1. The summed E-state index contributed by atoms with van der Waals surface area (Å²) in [5.74, 6) is -0.0801. The van der Waals surface area contributed by atoms with Gasteiger partial charge in [-0.1, -0.05) is 12.1 Å². The molecule has 1 aliphatic heterocycles. The predicted molar refractivity (Wildman–Crippen MR) is 106 cm³/mol. The number of nitro benzene ring substituents is 1. The molecule has 0 saturated carbocycles. The molecule has 28 heavy (non-hydrogen) atoms. The second-order valence-corrected chi connectivity index (χ2v) is 6.40. The average Bonchev–Trinajstić information content (AvgIpc) is 3.38. The first-order valence-electron chi connectivity index (χ1n) is 8.83. The van der Waals surface area contributed by atoms with Gasteiger partial charge in [-0.05, 0) is 42.3 Å². The van der Waals surface area contributed by atoms with Crippen molar-refractivity contribution < 1.29 is 14.1 Å². The van der Waals surface area contributed by atoms with E-state index in [0.29, 0.717) is 17.9 Å². The second-order valence-electron chi connectivity index (χ2n) is 6.40. The number of benzene rings is 2. The summed E-state index contributed by atoms with van der Waals surface area (Å²) in [5.41, 5.74) is 4.09. The number of fused-ring (bicyclic) bond motifs is 1. The fraction of sp³-hybridized carbons (Fsp3) is 0.150. The van der Waals surface area contributed by atoms with Gasteiger partial charge in [0.05, 0.1) is 11.2 Å². The van der Waals surface area contributed by atoms with Crippen LogP contribution in [0.1, 0.15) is 21.7 Å². The Morgan fingerprint density at radius 3 is 2.71 bits per heavy atom. The third-order valence-corrected chi connectivity index (χ3v) is 4.60. The minimum absolute atomic E-state index is 0.0739. The first-order chi connectivity index (χ1) is 13.6. The third-order valence-electron chi connectivity index (χ3n) is 4.60. The van der Waals surface area contributed by atoms with E-state index in [-0.39, 0.29) is 22.3 Å². The molecular weight excluding hydrogens is 360 g/mol. The van der Waals surface area contributed by atoms with Crippen LogP contribution in [-0.4, -0.2) is 17.4 Å². The van der Waals surface area contributed by atoms with Crippen molar-refractivity contribution in [3.8, 4) is 0 Å². The molecule has 1 aliphatic rings. The fourth-order valence-corrected chi connectivity index (χ4v) is 3.23. The smallest absolute Gasteiger partial charge is 0.292 e. The van der Waals surface area contributed by atoms with E-state index in [1.807, 2.05) is 12.1 Å². The number of hydrogen-bond acceptors (Lipinski definition) is 6. The highest BCUT2D eigenvalue weighted by atomic mass is 16.6. The van der Waals surface area contributed by atoms with Crippen molar-refractivity contribution in [2.75, 3.05) is 22.5 Å². The Bertz CT molecular complexity index is 1010. The number of anilines is 3. The molecule has 0 aliphatic carbocycles. The molecule has 0 fully saturated rings. The minimum atomic E-state index is -0.367. The van der Waals surface area contributed by atoms with E-state index >= 15 is 0 Å². The second kappa shape index (κ2) is 7.43. The van der Waals surface area contributed by atoms with Crippen LogP contribution >= 0.6 is 0 Å². The highest BCUT2D eigenvalue weighted by Gasteiger charge is 2.23. The summed E-state index contributed by atoms with van der Waals surface area (Å²) in [6.45, 7) is 1.21. The van der Waals surface area contributed by atoms with Gasteiger partial charge < -0.3 is 20.4 Å². The molecule has 0 spiro atoms. The van der Waals surface area contributed by atoms with Crippen molar-refractivity contribution in [2.24, 2.45) is 0 Å². The molecule has 8 heteroatoms. The average molecular weight is 378 g/mol. The molecule has 3 N–H and O–H groups in total. The van der Waals surface area contributed by atoms with Crippen molar-refractivity contribution >= 4 is 28.7 Å². The number of carbonyl (C=O) groups excluding carboxylic acids is 1. The molecule has 1 amide bonds. The molecule has 0 saturated heterocycles. The van der Waals surface area contributed by atoms with Gasteiger partial charge in [0.2, 0.25) is 0 Å². The lowest BCUT2D eigenvalue weighted by molar-refractivity contribution is -0.384. The zero-order valence-electron chi connectivity index (χ0n) is 14.9. The van der Waals surface area contributed by atoms with Gasteiger partial charge in [-0.2, -0.15) is 0 Å². The number of furan rings is 1. The summed E-state index contributed by atoms with van der Waals surface area (Å²) >= 11 is 0. The standard InChI is InChI=1S/C20H18N4O4/c25-20(18-2-1-11-28-18)23-14-5-3-13(4-6-14)12-22-19-15-9-10-21-16(15)7-8-17(19)24(26)27/h1-8,11,21-22H,9-10,12H2,(H,23,25). The van der Waals surface area contributed by atoms with E-state index < -0.39 is 0 Å². The summed E-state index contributed by atoms with van der Waals surface area (Å²) in [5, 5.41) is 20.6. The van der Waals surface area contributed by atoms with E-state index in [0.717, 1.165) is 29.8 Å². The number of hydrogen-bond donors (Lipinski definition) is 3. The zero-order chi connectivity index (χ0) is 19.5. The Hall–Kier alpha value is -3.81. The molecule has 0 radical (unpaired) electrons. The van der Waals surface area contributed by atoms with Gasteiger partial charge in [0.25, 0.3) is 11.6 Å². The zero-order valence-corrected chi connectivity index (χ0v) is 14.9. The van der Waals surface area contributed by atoms with Crippen LogP contribution in [0.5, 0.6) is 0 Å². The molecule has 3 aromatic rings. The molecule has 4 rings (SSSR count). The van der Waals surface area contributed by atoms with E-state index in [4.69, 9.17) is 4.42 Å². The number of amides is 1. The Balaban J connectivity index is 1.45. The molecule has 8 nitrogen and oxygen atoms in total. The Kier molecular flexibility index (Phi) is 4.67. The first kappa shape index (κ1) is 17.6. The third kappa shape index (κ3) is 3.52. The summed E-state index contributed by atoms with van der Waals surface area (Å²) in [4.78, 5) is 23.0. The van der Waals surface area contributed by atoms with Gasteiger partial charge in [-0.25, -0.2) is 0 Å². The van der Waals surface area contributed by atoms with Crippen LogP contribution in [0.25, 0.3) is 0 Å². The van der Waals surface area contributed by atoms with Gasteiger partial charge in [0.15, 0.2) is 5.76 Å². The van der Waals surface area contributed by atoms with Crippen LogP contribution in [0.4, 0.5) is 22.7 Å². The van der Waals surface area contributed by atoms with Gasteiger partial charge >= 0.3 is 0 Å². The summed E-state index contributed by atoms with van der Waals surface area (Å²) < 4.78 is 5.06. The number of nitrogens with zero attached hydrogens (tertiary/aromatic N) is 1. The molecule has 2 aromatic carbocycles. The molecule has 0 bridgehead atoms. The number of rotatable bonds is 6. The van der Waals surface area contributed by atoms with Gasteiger partial charge in [0.1, 0.15) is 5.69 Å². The Labute approximate surface area is 160 Å². The van der Waals surface area contributed by atoms with Crippen LogP contribution < -0.4 is 16.0 Å². The molecule has 142 valence electrons. The Morgan fingerprint density at radius 2 is 2.00 bits per heavy atom. The van der Waals surface area contributed by atoms with Crippen molar-refractivity contribution in [1.29, 1.82) is 0 Å². The minimum Gasteiger partial charge on any atom is -0.459 e. The SMILES string of the molecule is O=C(Nc1ccc(CNc2c([N+](=O)[O-])ccc3c2CCN3)cc1)c1ccco1. The van der Waals surface area contributed by atoms with Gasteiger partial charge in [-0.3, -0.25) is 14.9 Å². The van der Waals surface area contributed by atoms with E-state index in [1.165, 1.54) is 12.3 Å². The molecule has 0 atom stereocenters. The summed E-state index contributed by atoms with van der Waals surface area (Å²) in [6, 6.07) is 13.8. The normalized spacial score (nSPS) is 12.1. The van der Waals surface area contributed by atoms with E-state index in [2.05, 4.69) is 16.0 Å². The van der Waals surface area contributed by atoms with Crippen molar-refractivity contribution in [1.82, 2.24) is 0 Å². The molecule has 1 aromatic heterocycles. The topological polar surface area (TPSA) is 109 Å². The lowest BCUT2D eigenvalue weighted by Gasteiger charge is -2.12. The fourth-order valence-electron chi connectivity index (χ4n) is 3.23. The monoisotopic (exact) mass is 378 g/mol. The van der Waals surface area contributed by atoms with E-state index in [9.17, 15) is 14.9 Å². The quantitative estimate of drug-likeness (QED) is 0.441. The summed E-state index contributed by atoms with van der Waals surface area (Å²) in [7, 11) is 0. The highest BCUT2D eigenvalue weighted by molar-refractivity contribution is 6.02. The largest absolute Gasteiger partial charge is 0.459 e. The van der Waals surface area contributed by atoms with Crippen LogP contribution in [0, 0.1) is 10.1 Å². The maximum absolute atomic E-state index is 12.0. The summed E-state index contributed by atoms with van der Waals surface area (Å²) in [6.07, 6.45) is 2.19. The maximum atomic E-state index is 12.0. The molecule has 0 unspecified atom stereocenters. The number of nitro groups is 1. The van der Waals surface area contributed by atoms with Crippen molar-refractivity contribution in [2.45, 2.75) is 13.0 Å².